The van der Waals surface area contributed by atoms with Gasteiger partial charge in [-0.3, -0.25) is 0 Å². The zero-order valence-corrected chi connectivity index (χ0v) is 13.5. The summed E-state index contributed by atoms with van der Waals surface area (Å²) in [5.74, 6) is 0.607. The molecular weight excluding hydrogens is 246 g/mol. The highest BCUT2D eigenvalue weighted by molar-refractivity contribution is 5.39. The number of hydrogen-bond acceptors (Lipinski definition) is 2. The monoisotopic (exact) mass is 275 g/mol. The van der Waals surface area contributed by atoms with E-state index in [1.54, 1.807) is 0 Å². The molecule has 1 aliphatic rings. The highest BCUT2D eigenvalue weighted by Gasteiger charge is 2.29. The van der Waals surface area contributed by atoms with Crippen LogP contribution in [-0.2, 0) is 4.74 Å². The Hall–Kier alpha value is -0.860. The quantitative estimate of drug-likeness (QED) is 0.818. The summed E-state index contributed by atoms with van der Waals surface area (Å²) >= 11 is 0. The molecule has 1 fully saturated rings. The first-order valence-electron chi connectivity index (χ1n) is 8.03. The maximum atomic E-state index is 6.17. The predicted octanol–water partition coefficient (Wildman–Crippen LogP) is 4.08. The summed E-state index contributed by atoms with van der Waals surface area (Å²) in [5, 5.41) is 3.57. The van der Waals surface area contributed by atoms with Crippen molar-refractivity contribution in [3.05, 3.63) is 34.4 Å². The third-order valence-electron chi connectivity index (χ3n) is 4.30. The Bertz CT molecular complexity index is 418. The Morgan fingerprint density at radius 3 is 2.55 bits per heavy atom. The fourth-order valence-electron chi connectivity index (χ4n) is 3.48. The summed E-state index contributed by atoms with van der Waals surface area (Å²) in [6.45, 7) is 11.9. The molecule has 2 heteroatoms. The largest absolute Gasteiger partial charge is 0.373 e. The highest BCUT2D eigenvalue weighted by atomic mass is 16.5. The molecule has 1 saturated heterocycles. The molecular formula is C18H29NO. The van der Waals surface area contributed by atoms with Crippen molar-refractivity contribution in [3.8, 4) is 0 Å². The van der Waals surface area contributed by atoms with Crippen molar-refractivity contribution in [1.29, 1.82) is 0 Å². The molecule has 2 rings (SSSR count). The van der Waals surface area contributed by atoms with Gasteiger partial charge in [0.1, 0.15) is 0 Å². The lowest BCUT2D eigenvalue weighted by Crippen LogP contribution is -2.33. The molecule has 2 unspecified atom stereocenters. The zero-order chi connectivity index (χ0) is 14.5. The standard InChI is InChI=1S/C18H29NO/c1-5-8-19-12-16-7-6-9-20-18(16)17-14(3)10-13(2)11-15(17)4/h10-11,16,18-19H,5-9,12H2,1-4H3. The van der Waals surface area contributed by atoms with Crippen LogP contribution in [0, 0.1) is 26.7 Å². The lowest BCUT2D eigenvalue weighted by molar-refractivity contribution is -0.0283. The summed E-state index contributed by atoms with van der Waals surface area (Å²) < 4.78 is 6.17. The number of rotatable bonds is 5. The van der Waals surface area contributed by atoms with Crippen LogP contribution in [0.15, 0.2) is 12.1 Å². The summed E-state index contributed by atoms with van der Waals surface area (Å²) in [6.07, 6.45) is 3.93. The molecule has 0 spiro atoms. The van der Waals surface area contributed by atoms with Crippen LogP contribution in [0.5, 0.6) is 0 Å². The first kappa shape index (κ1) is 15.5. The number of aryl methyl sites for hydroxylation is 3. The second-order valence-electron chi connectivity index (χ2n) is 6.21. The van der Waals surface area contributed by atoms with Gasteiger partial charge in [0.2, 0.25) is 0 Å². The van der Waals surface area contributed by atoms with E-state index < -0.39 is 0 Å². The average molecular weight is 275 g/mol. The lowest BCUT2D eigenvalue weighted by Gasteiger charge is -2.34. The molecule has 0 aromatic heterocycles. The van der Waals surface area contributed by atoms with Crippen LogP contribution in [0.1, 0.15) is 54.5 Å². The molecule has 0 radical (unpaired) electrons. The first-order valence-corrected chi connectivity index (χ1v) is 8.03. The fraction of sp³-hybridized carbons (Fsp3) is 0.667. The van der Waals surface area contributed by atoms with Crippen LogP contribution in [0.4, 0.5) is 0 Å². The van der Waals surface area contributed by atoms with E-state index in [-0.39, 0.29) is 6.10 Å². The summed E-state index contributed by atoms with van der Waals surface area (Å²) in [5.41, 5.74) is 5.54. The van der Waals surface area contributed by atoms with E-state index in [0.29, 0.717) is 5.92 Å². The Morgan fingerprint density at radius 1 is 1.20 bits per heavy atom. The molecule has 0 saturated carbocycles. The third-order valence-corrected chi connectivity index (χ3v) is 4.30. The van der Waals surface area contributed by atoms with Crippen LogP contribution in [0.3, 0.4) is 0 Å². The van der Waals surface area contributed by atoms with Gasteiger partial charge in [-0.2, -0.15) is 0 Å². The van der Waals surface area contributed by atoms with Crippen molar-refractivity contribution in [2.24, 2.45) is 5.92 Å². The van der Waals surface area contributed by atoms with Crippen molar-refractivity contribution in [1.82, 2.24) is 5.32 Å². The predicted molar refractivity (Wildman–Crippen MR) is 85.2 cm³/mol. The molecule has 112 valence electrons. The van der Waals surface area contributed by atoms with E-state index >= 15 is 0 Å². The van der Waals surface area contributed by atoms with Crippen LogP contribution in [-0.4, -0.2) is 19.7 Å². The summed E-state index contributed by atoms with van der Waals surface area (Å²) in [7, 11) is 0. The molecule has 1 aromatic rings. The van der Waals surface area contributed by atoms with Gasteiger partial charge in [0.15, 0.2) is 0 Å². The van der Waals surface area contributed by atoms with E-state index in [9.17, 15) is 0 Å². The van der Waals surface area contributed by atoms with Crippen LogP contribution in [0.2, 0.25) is 0 Å². The molecule has 1 heterocycles. The molecule has 1 aromatic carbocycles. The minimum absolute atomic E-state index is 0.272. The van der Waals surface area contributed by atoms with Crippen molar-refractivity contribution in [3.63, 3.8) is 0 Å². The molecule has 2 atom stereocenters. The molecule has 1 N–H and O–H groups in total. The van der Waals surface area contributed by atoms with Crippen molar-refractivity contribution in [2.45, 2.75) is 53.1 Å². The maximum absolute atomic E-state index is 6.17. The minimum atomic E-state index is 0.272. The van der Waals surface area contributed by atoms with Gasteiger partial charge in [0.05, 0.1) is 6.10 Å². The van der Waals surface area contributed by atoms with Crippen LogP contribution >= 0.6 is 0 Å². The van der Waals surface area contributed by atoms with Gasteiger partial charge in [-0.05, 0) is 63.3 Å². The van der Waals surface area contributed by atoms with Crippen molar-refractivity contribution in [2.75, 3.05) is 19.7 Å². The van der Waals surface area contributed by atoms with Gasteiger partial charge < -0.3 is 10.1 Å². The van der Waals surface area contributed by atoms with Crippen LogP contribution in [0.25, 0.3) is 0 Å². The van der Waals surface area contributed by atoms with Gasteiger partial charge in [-0.25, -0.2) is 0 Å². The first-order chi connectivity index (χ1) is 9.63. The Morgan fingerprint density at radius 2 is 1.90 bits per heavy atom. The number of hydrogen-bond donors (Lipinski definition) is 1. The number of ether oxygens (including phenoxy) is 1. The van der Waals surface area contributed by atoms with Gasteiger partial charge in [0, 0.05) is 19.1 Å². The smallest absolute Gasteiger partial charge is 0.0870 e. The van der Waals surface area contributed by atoms with Gasteiger partial charge in [-0.15, -0.1) is 0 Å². The number of benzene rings is 1. The summed E-state index contributed by atoms with van der Waals surface area (Å²) in [6, 6.07) is 4.58. The average Bonchev–Trinajstić information content (AvgIpc) is 2.39. The normalized spacial score (nSPS) is 23.0. The minimum Gasteiger partial charge on any atom is -0.373 e. The van der Waals surface area contributed by atoms with Crippen molar-refractivity contribution >= 4 is 0 Å². The zero-order valence-electron chi connectivity index (χ0n) is 13.5. The van der Waals surface area contributed by atoms with E-state index in [4.69, 9.17) is 4.74 Å². The van der Waals surface area contributed by atoms with E-state index in [0.717, 1.165) is 19.7 Å². The highest BCUT2D eigenvalue weighted by Crippen LogP contribution is 2.37. The van der Waals surface area contributed by atoms with E-state index in [2.05, 4.69) is 45.1 Å². The third kappa shape index (κ3) is 3.62. The second kappa shape index (κ2) is 7.24. The SMILES string of the molecule is CCCNCC1CCCOC1c1c(C)cc(C)cc1C. The molecule has 1 aliphatic heterocycles. The van der Waals surface area contributed by atoms with Crippen molar-refractivity contribution < 1.29 is 4.74 Å². The van der Waals surface area contributed by atoms with E-state index in [1.165, 1.54) is 41.5 Å². The molecule has 0 aliphatic carbocycles. The molecule has 2 nitrogen and oxygen atoms in total. The fourth-order valence-corrected chi connectivity index (χ4v) is 3.48. The molecule has 20 heavy (non-hydrogen) atoms. The Balaban J connectivity index is 2.19. The maximum Gasteiger partial charge on any atom is 0.0870 e. The second-order valence-corrected chi connectivity index (χ2v) is 6.21. The molecule has 0 bridgehead atoms. The van der Waals surface area contributed by atoms with Gasteiger partial charge >= 0.3 is 0 Å². The topological polar surface area (TPSA) is 21.3 Å². The Kier molecular flexibility index (Phi) is 5.62. The lowest BCUT2D eigenvalue weighted by atomic mass is 9.84. The van der Waals surface area contributed by atoms with Gasteiger partial charge in [-0.1, -0.05) is 24.6 Å². The van der Waals surface area contributed by atoms with E-state index in [1.807, 2.05) is 0 Å². The van der Waals surface area contributed by atoms with Gasteiger partial charge in [0.25, 0.3) is 0 Å². The molecule has 0 amide bonds. The number of nitrogens with one attached hydrogen (secondary N) is 1. The van der Waals surface area contributed by atoms with Crippen LogP contribution < -0.4 is 5.32 Å². The Labute approximate surface area is 123 Å². The summed E-state index contributed by atoms with van der Waals surface area (Å²) in [4.78, 5) is 0.